The summed E-state index contributed by atoms with van der Waals surface area (Å²) in [5.41, 5.74) is 1.43. The first kappa shape index (κ1) is 23.0. The first-order chi connectivity index (χ1) is 16.8. The van der Waals surface area contributed by atoms with Gasteiger partial charge in [0.05, 0.1) is 23.9 Å². The molecule has 1 saturated heterocycles. The van der Waals surface area contributed by atoms with Gasteiger partial charge < -0.3 is 20.1 Å². The molecule has 188 valence electrons. The van der Waals surface area contributed by atoms with E-state index in [2.05, 4.69) is 17.1 Å². The first-order valence-corrected chi connectivity index (χ1v) is 13.4. The third-order valence-corrected chi connectivity index (χ3v) is 9.58. The van der Waals surface area contributed by atoms with Gasteiger partial charge in [-0.2, -0.15) is 0 Å². The van der Waals surface area contributed by atoms with Crippen LogP contribution in [-0.2, 0) is 4.79 Å². The van der Waals surface area contributed by atoms with Crippen molar-refractivity contribution in [3.05, 3.63) is 23.9 Å². The molecular weight excluding hydrogens is 440 g/mol. The Labute approximate surface area is 207 Å². The number of amides is 1. The molecule has 35 heavy (non-hydrogen) atoms. The van der Waals surface area contributed by atoms with Crippen molar-refractivity contribution in [1.82, 2.24) is 15.3 Å². The molecule has 7 nitrogen and oxygen atoms in total. The minimum atomic E-state index is -0.490. The van der Waals surface area contributed by atoms with Crippen LogP contribution in [0.15, 0.2) is 18.2 Å². The molecule has 1 amide bonds. The van der Waals surface area contributed by atoms with E-state index in [1.54, 1.807) is 7.11 Å². The molecule has 4 bridgehead atoms. The zero-order valence-corrected chi connectivity index (χ0v) is 21.2. The van der Waals surface area contributed by atoms with Gasteiger partial charge >= 0.3 is 0 Å². The molecule has 1 aliphatic heterocycles. The number of fused-ring (bicyclic) bond motifs is 1. The second-order valence-electron chi connectivity index (χ2n) is 12.0. The molecule has 4 saturated carbocycles. The number of hydrogen-bond donors (Lipinski definition) is 2. The fourth-order valence-electron chi connectivity index (χ4n) is 8.14. The zero-order valence-electron chi connectivity index (χ0n) is 21.2. The maximum atomic E-state index is 13.3. The summed E-state index contributed by atoms with van der Waals surface area (Å²) in [4.78, 5) is 25.1. The molecule has 7 rings (SSSR count). The van der Waals surface area contributed by atoms with Gasteiger partial charge in [0.1, 0.15) is 5.75 Å². The standard InChI is InChI=1S/C28H38N4O3/c1-17-23-5-4-22(35-3)11-24(23)31-26(29-17)32-8-6-21(7-9-32)25(33)30-18(2)27-12-19-10-20(13-27)15-28(34,14-19)16-27/h4-5,11,18-21,34H,6-10,12-16H2,1-3H3,(H,30,33). The fraction of sp³-hybridized carbons (Fsp3) is 0.679. The number of carbonyl (C=O) groups excluding carboxylic acids is 1. The third-order valence-electron chi connectivity index (χ3n) is 9.58. The minimum absolute atomic E-state index is 0.0207. The van der Waals surface area contributed by atoms with E-state index in [4.69, 9.17) is 14.7 Å². The van der Waals surface area contributed by atoms with Crippen LogP contribution in [0.5, 0.6) is 5.75 Å². The number of nitrogens with one attached hydrogen (secondary N) is 1. The Hall–Kier alpha value is -2.41. The van der Waals surface area contributed by atoms with Gasteiger partial charge in [-0.15, -0.1) is 0 Å². The number of benzene rings is 1. The number of nitrogens with zero attached hydrogens (tertiary/aromatic N) is 3. The van der Waals surface area contributed by atoms with Gasteiger partial charge in [-0.05, 0) is 94.6 Å². The lowest BCUT2D eigenvalue weighted by atomic mass is 9.46. The molecule has 0 radical (unpaired) electrons. The van der Waals surface area contributed by atoms with Crippen LogP contribution in [0.1, 0.15) is 64.0 Å². The van der Waals surface area contributed by atoms with Gasteiger partial charge in [-0.1, -0.05) is 0 Å². The van der Waals surface area contributed by atoms with E-state index in [1.165, 1.54) is 6.42 Å². The van der Waals surface area contributed by atoms with E-state index in [9.17, 15) is 9.90 Å². The summed E-state index contributed by atoms with van der Waals surface area (Å²) in [5, 5.41) is 15.6. The highest BCUT2D eigenvalue weighted by Gasteiger charge is 2.59. The molecule has 7 heteroatoms. The quantitative estimate of drug-likeness (QED) is 0.676. The minimum Gasteiger partial charge on any atom is -0.497 e. The Morgan fingerprint density at radius 1 is 1.17 bits per heavy atom. The van der Waals surface area contributed by atoms with E-state index in [0.717, 1.165) is 86.3 Å². The Morgan fingerprint density at radius 2 is 1.89 bits per heavy atom. The summed E-state index contributed by atoms with van der Waals surface area (Å²) in [6.07, 6.45) is 7.99. The predicted molar refractivity (Wildman–Crippen MR) is 135 cm³/mol. The van der Waals surface area contributed by atoms with Crippen molar-refractivity contribution >= 4 is 22.8 Å². The lowest BCUT2D eigenvalue weighted by Crippen LogP contribution is -2.62. The van der Waals surface area contributed by atoms with Crippen LogP contribution in [0.2, 0.25) is 0 Å². The SMILES string of the molecule is COc1ccc2c(C)nc(N3CCC(C(=O)NC(C)C45CC6CC(CC(O)(C6)C4)C5)CC3)nc2c1. The van der Waals surface area contributed by atoms with Crippen molar-refractivity contribution in [2.45, 2.75) is 76.9 Å². The van der Waals surface area contributed by atoms with E-state index >= 15 is 0 Å². The number of methoxy groups -OCH3 is 1. The maximum Gasteiger partial charge on any atom is 0.226 e. The predicted octanol–water partition coefficient (Wildman–Crippen LogP) is 4.00. The van der Waals surface area contributed by atoms with Gasteiger partial charge in [0, 0.05) is 36.5 Å². The molecule has 5 fully saturated rings. The Bertz CT molecular complexity index is 1130. The Kier molecular flexibility index (Phi) is 5.47. The van der Waals surface area contributed by atoms with Crippen LogP contribution >= 0.6 is 0 Å². The smallest absolute Gasteiger partial charge is 0.226 e. The van der Waals surface area contributed by atoms with Gasteiger partial charge in [-0.3, -0.25) is 4.79 Å². The highest BCUT2D eigenvalue weighted by atomic mass is 16.5. The van der Waals surface area contributed by atoms with Crippen LogP contribution < -0.4 is 15.0 Å². The van der Waals surface area contributed by atoms with Crippen LogP contribution in [0.25, 0.3) is 10.9 Å². The van der Waals surface area contributed by atoms with Crippen LogP contribution in [0.4, 0.5) is 5.95 Å². The molecule has 1 aromatic carbocycles. The summed E-state index contributed by atoms with van der Waals surface area (Å²) in [6, 6.07) is 6.02. The molecule has 4 aliphatic carbocycles. The molecule has 3 unspecified atom stereocenters. The normalized spacial score (nSPS) is 33.2. The number of rotatable bonds is 5. The van der Waals surface area contributed by atoms with Gasteiger partial charge in [0.25, 0.3) is 0 Å². The largest absolute Gasteiger partial charge is 0.497 e. The second-order valence-corrected chi connectivity index (χ2v) is 12.0. The Morgan fingerprint density at radius 3 is 2.54 bits per heavy atom. The number of aromatic nitrogens is 2. The van der Waals surface area contributed by atoms with E-state index in [0.29, 0.717) is 11.8 Å². The van der Waals surface area contributed by atoms with E-state index < -0.39 is 5.60 Å². The average molecular weight is 479 g/mol. The van der Waals surface area contributed by atoms with Crippen molar-refractivity contribution < 1.29 is 14.6 Å². The number of ether oxygens (including phenoxy) is 1. The molecule has 3 atom stereocenters. The highest BCUT2D eigenvalue weighted by Crippen LogP contribution is 2.62. The average Bonchev–Trinajstić information content (AvgIpc) is 2.82. The summed E-state index contributed by atoms with van der Waals surface area (Å²) < 4.78 is 5.37. The van der Waals surface area contributed by atoms with Crippen molar-refractivity contribution in [2.24, 2.45) is 23.2 Å². The topological polar surface area (TPSA) is 87.6 Å². The number of carbonyl (C=O) groups is 1. The zero-order chi connectivity index (χ0) is 24.4. The van der Waals surface area contributed by atoms with Crippen LogP contribution in [0.3, 0.4) is 0 Å². The van der Waals surface area contributed by atoms with Crippen molar-refractivity contribution in [1.29, 1.82) is 0 Å². The summed E-state index contributed by atoms with van der Waals surface area (Å²) >= 11 is 0. The number of aryl methyl sites for hydroxylation is 1. The van der Waals surface area contributed by atoms with Gasteiger partial charge in [-0.25, -0.2) is 9.97 Å². The summed E-state index contributed by atoms with van der Waals surface area (Å²) in [5.74, 6) is 2.99. The summed E-state index contributed by atoms with van der Waals surface area (Å²) in [6.45, 7) is 5.75. The highest BCUT2D eigenvalue weighted by molar-refractivity contribution is 5.83. The summed E-state index contributed by atoms with van der Waals surface area (Å²) in [7, 11) is 1.66. The van der Waals surface area contributed by atoms with Crippen molar-refractivity contribution in [3.63, 3.8) is 0 Å². The maximum absolute atomic E-state index is 13.3. The number of piperidine rings is 1. The third kappa shape index (κ3) is 4.05. The lowest BCUT2D eigenvalue weighted by Gasteiger charge is -2.62. The van der Waals surface area contributed by atoms with E-state index in [-0.39, 0.29) is 23.3 Å². The number of hydrogen-bond acceptors (Lipinski definition) is 6. The molecule has 0 spiro atoms. The molecule has 2 N–H and O–H groups in total. The monoisotopic (exact) mass is 478 g/mol. The molecule has 2 aromatic rings. The van der Waals surface area contributed by atoms with Gasteiger partial charge in [0.15, 0.2) is 0 Å². The molecule has 2 heterocycles. The first-order valence-electron chi connectivity index (χ1n) is 13.4. The fourth-order valence-corrected chi connectivity index (χ4v) is 8.14. The second kappa shape index (κ2) is 8.32. The number of anilines is 1. The molecule has 1 aromatic heterocycles. The number of aliphatic hydroxyl groups is 1. The lowest BCUT2D eigenvalue weighted by molar-refractivity contribution is -0.173. The van der Waals surface area contributed by atoms with Crippen molar-refractivity contribution in [2.75, 3.05) is 25.1 Å². The van der Waals surface area contributed by atoms with Crippen LogP contribution in [-0.4, -0.2) is 52.8 Å². The van der Waals surface area contributed by atoms with Crippen LogP contribution in [0, 0.1) is 30.1 Å². The van der Waals surface area contributed by atoms with Gasteiger partial charge in [0.2, 0.25) is 11.9 Å². The van der Waals surface area contributed by atoms with E-state index in [1.807, 2.05) is 25.1 Å². The molecule has 5 aliphatic rings. The Balaban J connectivity index is 1.10. The molecular formula is C28H38N4O3. The van der Waals surface area contributed by atoms with Crippen molar-refractivity contribution in [3.8, 4) is 5.75 Å².